The van der Waals surface area contributed by atoms with Gasteiger partial charge in [-0.15, -0.1) is 0 Å². The number of aryl methyl sites for hydroxylation is 1. The Morgan fingerprint density at radius 1 is 1.29 bits per heavy atom. The Labute approximate surface area is 126 Å². The van der Waals surface area contributed by atoms with Gasteiger partial charge >= 0.3 is 0 Å². The van der Waals surface area contributed by atoms with Gasteiger partial charge in [-0.1, -0.05) is 6.92 Å². The van der Waals surface area contributed by atoms with Gasteiger partial charge in [0, 0.05) is 17.6 Å². The summed E-state index contributed by atoms with van der Waals surface area (Å²) in [6.45, 7) is 3.76. The number of anilines is 1. The van der Waals surface area contributed by atoms with Crippen LogP contribution in [0, 0.1) is 5.41 Å². The van der Waals surface area contributed by atoms with E-state index in [0.717, 1.165) is 25.1 Å². The van der Waals surface area contributed by atoms with Gasteiger partial charge in [-0.25, -0.2) is 8.42 Å². The SMILES string of the molecule is CC1(COc2ccc3c(c2)CCCN3)CCS(=O)(=O)CC1. The summed E-state index contributed by atoms with van der Waals surface area (Å²) in [5, 5.41) is 3.39. The van der Waals surface area contributed by atoms with Crippen LogP contribution in [0.5, 0.6) is 5.75 Å². The van der Waals surface area contributed by atoms with E-state index in [1.54, 1.807) is 0 Å². The van der Waals surface area contributed by atoms with Crippen LogP contribution in [0.3, 0.4) is 0 Å². The molecule has 0 saturated carbocycles. The third-order valence-electron chi connectivity index (χ3n) is 4.64. The topological polar surface area (TPSA) is 55.4 Å². The van der Waals surface area contributed by atoms with Crippen LogP contribution in [0.4, 0.5) is 5.69 Å². The molecule has 1 N–H and O–H groups in total. The molecule has 4 nitrogen and oxygen atoms in total. The van der Waals surface area contributed by atoms with Crippen molar-refractivity contribution in [2.45, 2.75) is 32.6 Å². The number of fused-ring (bicyclic) bond motifs is 1. The van der Waals surface area contributed by atoms with Crippen molar-refractivity contribution in [2.24, 2.45) is 5.41 Å². The summed E-state index contributed by atoms with van der Waals surface area (Å²) in [4.78, 5) is 0. The highest BCUT2D eigenvalue weighted by atomic mass is 32.2. The van der Waals surface area contributed by atoms with Crippen LogP contribution >= 0.6 is 0 Å². The summed E-state index contributed by atoms with van der Waals surface area (Å²) in [7, 11) is -2.81. The van der Waals surface area contributed by atoms with E-state index < -0.39 is 9.84 Å². The fourth-order valence-electron chi connectivity index (χ4n) is 2.97. The molecule has 0 aliphatic carbocycles. The van der Waals surface area contributed by atoms with Crippen molar-refractivity contribution in [3.8, 4) is 5.75 Å². The van der Waals surface area contributed by atoms with Crippen LogP contribution < -0.4 is 10.1 Å². The molecule has 2 aliphatic heterocycles. The van der Waals surface area contributed by atoms with Gasteiger partial charge in [0.1, 0.15) is 15.6 Å². The zero-order valence-electron chi connectivity index (χ0n) is 12.5. The summed E-state index contributed by atoms with van der Waals surface area (Å²) in [5.41, 5.74) is 2.50. The standard InChI is InChI=1S/C16H23NO3S/c1-16(6-9-21(18,19)10-7-16)12-20-14-4-5-15-13(11-14)3-2-8-17-15/h4-5,11,17H,2-3,6-10,12H2,1H3. The minimum atomic E-state index is -2.81. The van der Waals surface area contributed by atoms with Gasteiger partial charge in [-0.3, -0.25) is 0 Å². The molecule has 3 rings (SSSR count). The summed E-state index contributed by atoms with van der Waals surface area (Å²) < 4.78 is 29.0. The number of hydrogen-bond donors (Lipinski definition) is 1. The summed E-state index contributed by atoms with van der Waals surface area (Å²) in [5.74, 6) is 1.48. The molecule has 0 unspecified atom stereocenters. The fraction of sp³-hybridized carbons (Fsp3) is 0.625. The van der Waals surface area contributed by atoms with Gasteiger partial charge in [0.25, 0.3) is 0 Å². The van der Waals surface area contributed by atoms with Crippen molar-refractivity contribution in [1.82, 2.24) is 0 Å². The minimum Gasteiger partial charge on any atom is -0.493 e. The molecule has 5 heteroatoms. The molecule has 0 bridgehead atoms. The van der Waals surface area contributed by atoms with E-state index in [2.05, 4.69) is 24.4 Å². The Morgan fingerprint density at radius 2 is 2.05 bits per heavy atom. The summed E-state index contributed by atoms with van der Waals surface area (Å²) >= 11 is 0. The first-order valence-electron chi connectivity index (χ1n) is 7.66. The van der Waals surface area contributed by atoms with E-state index in [0.29, 0.717) is 31.0 Å². The van der Waals surface area contributed by atoms with Crippen LogP contribution in [0.25, 0.3) is 0 Å². The first kappa shape index (κ1) is 14.7. The molecule has 0 spiro atoms. The number of hydrogen-bond acceptors (Lipinski definition) is 4. The van der Waals surface area contributed by atoms with E-state index in [-0.39, 0.29) is 5.41 Å². The Balaban J connectivity index is 1.62. The highest BCUT2D eigenvalue weighted by Gasteiger charge is 2.34. The lowest BCUT2D eigenvalue weighted by Gasteiger charge is -2.33. The van der Waals surface area contributed by atoms with Gasteiger partial charge in [-0.2, -0.15) is 0 Å². The molecule has 2 aliphatic rings. The maximum atomic E-state index is 11.5. The molecular formula is C16H23NO3S. The van der Waals surface area contributed by atoms with E-state index in [1.807, 2.05) is 6.07 Å². The minimum absolute atomic E-state index is 0.0283. The van der Waals surface area contributed by atoms with E-state index in [4.69, 9.17) is 4.74 Å². The van der Waals surface area contributed by atoms with Crippen molar-refractivity contribution >= 4 is 15.5 Å². The van der Waals surface area contributed by atoms with Crippen molar-refractivity contribution in [2.75, 3.05) is 30.0 Å². The third-order valence-corrected chi connectivity index (χ3v) is 6.29. The molecule has 1 fully saturated rings. The number of ether oxygens (including phenoxy) is 1. The molecule has 0 amide bonds. The second-order valence-electron chi connectivity index (χ2n) is 6.60. The van der Waals surface area contributed by atoms with Crippen molar-refractivity contribution in [1.29, 1.82) is 0 Å². The number of rotatable bonds is 3. The maximum absolute atomic E-state index is 11.5. The maximum Gasteiger partial charge on any atom is 0.150 e. The molecular weight excluding hydrogens is 286 g/mol. The van der Waals surface area contributed by atoms with Crippen LogP contribution in [0.1, 0.15) is 31.7 Å². The quantitative estimate of drug-likeness (QED) is 0.932. The normalized spacial score (nSPS) is 22.9. The van der Waals surface area contributed by atoms with Gasteiger partial charge < -0.3 is 10.1 Å². The Kier molecular flexibility index (Phi) is 3.86. The molecule has 1 aromatic rings. The van der Waals surface area contributed by atoms with Gasteiger partial charge in [0.2, 0.25) is 0 Å². The molecule has 1 saturated heterocycles. The Morgan fingerprint density at radius 3 is 2.81 bits per heavy atom. The molecule has 0 aromatic heterocycles. The van der Waals surface area contributed by atoms with Crippen molar-refractivity contribution in [3.63, 3.8) is 0 Å². The number of benzene rings is 1. The van der Waals surface area contributed by atoms with E-state index in [9.17, 15) is 8.42 Å². The van der Waals surface area contributed by atoms with Gasteiger partial charge in [0.15, 0.2) is 0 Å². The molecule has 1 aromatic carbocycles. The highest BCUT2D eigenvalue weighted by Crippen LogP contribution is 2.33. The first-order chi connectivity index (χ1) is 9.96. The van der Waals surface area contributed by atoms with Crippen LogP contribution in [-0.4, -0.2) is 33.1 Å². The second kappa shape index (κ2) is 5.52. The molecule has 0 radical (unpaired) electrons. The molecule has 0 atom stereocenters. The van der Waals surface area contributed by atoms with Crippen LogP contribution in [0.15, 0.2) is 18.2 Å². The van der Waals surface area contributed by atoms with E-state index in [1.165, 1.54) is 11.3 Å². The molecule has 2 heterocycles. The third kappa shape index (κ3) is 3.51. The highest BCUT2D eigenvalue weighted by molar-refractivity contribution is 7.91. The Hall–Kier alpha value is -1.23. The lowest BCUT2D eigenvalue weighted by Crippen LogP contribution is -2.35. The number of sulfone groups is 1. The fourth-order valence-corrected chi connectivity index (χ4v) is 4.79. The van der Waals surface area contributed by atoms with Gasteiger partial charge in [0.05, 0.1) is 18.1 Å². The zero-order chi connectivity index (χ0) is 14.9. The zero-order valence-corrected chi connectivity index (χ0v) is 13.3. The summed E-state index contributed by atoms with van der Waals surface area (Å²) in [6.07, 6.45) is 3.64. The second-order valence-corrected chi connectivity index (χ2v) is 8.90. The van der Waals surface area contributed by atoms with Crippen molar-refractivity contribution in [3.05, 3.63) is 23.8 Å². The average Bonchev–Trinajstić information content (AvgIpc) is 2.49. The predicted molar refractivity (Wildman–Crippen MR) is 84.7 cm³/mol. The average molecular weight is 309 g/mol. The molecule has 21 heavy (non-hydrogen) atoms. The van der Waals surface area contributed by atoms with Crippen LogP contribution in [0.2, 0.25) is 0 Å². The van der Waals surface area contributed by atoms with Gasteiger partial charge in [-0.05, 0) is 49.4 Å². The largest absolute Gasteiger partial charge is 0.493 e. The first-order valence-corrected chi connectivity index (χ1v) is 9.48. The molecule has 116 valence electrons. The smallest absolute Gasteiger partial charge is 0.150 e. The lowest BCUT2D eigenvalue weighted by molar-refractivity contribution is 0.149. The van der Waals surface area contributed by atoms with Crippen molar-refractivity contribution < 1.29 is 13.2 Å². The number of nitrogens with one attached hydrogen (secondary N) is 1. The monoisotopic (exact) mass is 309 g/mol. The van der Waals surface area contributed by atoms with Crippen LogP contribution in [-0.2, 0) is 16.3 Å². The van der Waals surface area contributed by atoms with E-state index >= 15 is 0 Å². The predicted octanol–water partition coefficient (Wildman–Crippen LogP) is 2.64. The Bertz CT molecular complexity index is 610. The summed E-state index contributed by atoms with van der Waals surface area (Å²) in [6, 6.07) is 6.20. The lowest BCUT2D eigenvalue weighted by atomic mass is 9.85.